The Hall–Kier alpha value is 1.18. The first-order valence-electron chi connectivity index (χ1n) is 9.76. The molecule has 0 aromatic rings. The summed E-state index contributed by atoms with van der Waals surface area (Å²) in [5.74, 6) is 0. The molecular weight excluding hydrogens is 530 g/mol. The van der Waals surface area contributed by atoms with Crippen molar-refractivity contribution < 1.29 is 45.6 Å². The Morgan fingerprint density at radius 3 is 0.690 bits per heavy atom. The minimum atomic E-state index is -5.84. The summed E-state index contributed by atoms with van der Waals surface area (Å²) in [6.45, 7) is 28.2. The van der Waals surface area contributed by atoms with E-state index in [1.807, 2.05) is 0 Å². The third-order valence-electron chi connectivity index (χ3n) is 3.87. The van der Waals surface area contributed by atoms with Gasteiger partial charge in [0, 0.05) is 19.5 Å². The summed E-state index contributed by atoms with van der Waals surface area (Å²) in [6.07, 6.45) is 0. The van der Waals surface area contributed by atoms with E-state index in [4.69, 9.17) is 13.0 Å². The van der Waals surface area contributed by atoms with Crippen LogP contribution in [0.25, 0.3) is 0 Å². The van der Waals surface area contributed by atoms with Gasteiger partial charge in [-0.15, -0.1) is 0 Å². The van der Waals surface area contributed by atoms with Crippen molar-refractivity contribution in [2.45, 2.75) is 123 Å². The molecule has 0 atom stereocenters. The summed E-state index contributed by atoms with van der Waals surface area (Å²) in [7, 11) is -5.32. The van der Waals surface area contributed by atoms with Crippen LogP contribution in [0.15, 0.2) is 0 Å². The second-order valence-corrected chi connectivity index (χ2v) is 17.8. The van der Waals surface area contributed by atoms with Gasteiger partial charge in [-0.1, -0.05) is 98.9 Å². The van der Waals surface area contributed by atoms with Gasteiger partial charge in [0.2, 0.25) is 0 Å². The number of rotatable bonds is 6. The molecule has 1 radical (unpaired) electrons. The van der Waals surface area contributed by atoms with Crippen molar-refractivity contribution in [1.29, 1.82) is 0 Å². The van der Waals surface area contributed by atoms with Crippen LogP contribution in [-0.4, -0.2) is 52.4 Å². The maximum absolute atomic E-state index is 10.7. The van der Waals surface area contributed by atoms with Crippen molar-refractivity contribution in [1.82, 2.24) is 0 Å². The van der Waals surface area contributed by atoms with Crippen LogP contribution < -0.4 is 0 Å². The van der Waals surface area contributed by atoms with Crippen molar-refractivity contribution >= 4 is 26.0 Å². The van der Waals surface area contributed by atoms with E-state index >= 15 is 0 Å². The average molecular weight is 573 g/mol. The van der Waals surface area contributed by atoms with E-state index in [1.165, 1.54) is 0 Å². The van der Waals surface area contributed by atoms with Crippen molar-refractivity contribution in [3.05, 3.63) is 0 Å². The van der Waals surface area contributed by atoms with Gasteiger partial charge in [0.1, 0.15) is 0 Å². The Morgan fingerprint density at radius 2 is 0.690 bits per heavy atom. The van der Waals surface area contributed by atoms with Crippen molar-refractivity contribution in [2.75, 3.05) is 0 Å². The molecule has 0 saturated heterocycles. The molecule has 183 valence electrons. The number of hydrogen-bond acceptors (Lipinski definition) is 2. The monoisotopic (exact) mass is 573 g/mol. The van der Waals surface area contributed by atoms with Crippen LogP contribution in [0, 0.1) is 0 Å². The number of alkyl halides is 3. The van der Waals surface area contributed by atoms with Gasteiger partial charge >= 0.3 is 15.6 Å². The Morgan fingerprint density at radius 1 is 0.586 bits per heavy atom. The quantitative estimate of drug-likeness (QED) is 0.153. The van der Waals surface area contributed by atoms with E-state index in [0.29, 0.717) is 0 Å². The SMILES string of the molecule is CC(C)P(C(C)C)C(C)C.CC(C)P(C(C)C)C(C)C.O=S(=O)(O)C(F)(F)F.[Rh]. The summed E-state index contributed by atoms with van der Waals surface area (Å²) >= 11 is 0. The molecule has 29 heavy (non-hydrogen) atoms. The van der Waals surface area contributed by atoms with E-state index in [9.17, 15) is 13.2 Å². The molecule has 0 amide bonds. The van der Waals surface area contributed by atoms with Gasteiger partial charge in [0.15, 0.2) is 0 Å². The van der Waals surface area contributed by atoms with E-state index in [2.05, 4.69) is 83.1 Å². The average Bonchev–Trinajstić information content (AvgIpc) is 2.33. The molecule has 0 bridgehead atoms. The number of hydrogen-bond donors (Lipinski definition) is 1. The van der Waals surface area contributed by atoms with Crippen molar-refractivity contribution in [3.63, 3.8) is 0 Å². The van der Waals surface area contributed by atoms with Gasteiger partial charge in [-0.05, 0) is 34.0 Å². The molecule has 1 N–H and O–H groups in total. The zero-order valence-corrected chi connectivity index (χ0v) is 24.2. The fourth-order valence-electron chi connectivity index (χ4n) is 3.58. The Bertz CT molecular complexity index is 433. The molecule has 0 aromatic carbocycles. The summed E-state index contributed by atoms with van der Waals surface area (Å²) < 4.78 is 57.5. The van der Waals surface area contributed by atoms with E-state index < -0.39 is 15.6 Å². The third kappa shape index (κ3) is 18.5. The summed E-state index contributed by atoms with van der Waals surface area (Å²) in [6, 6.07) is 0. The first kappa shape index (κ1) is 37.5. The van der Waals surface area contributed by atoms with Crippen LogP contribution in [0.1, 0.15) is 83.1 Å². The molecule has 0 heterocycles. The molecule has 0 aliphatic carbocycles. The standard InChI is InChI=1S/2C9H21P.CHF3O3S.Rh/c2*1-7(2)10(8(3)4)9(5)6;2-1(3,4)8(5,6)7;/h2*7-9H,1-6H3;(H,5,6,7);. The van der Waals surface area contributed by atoms with Gasteiger partial charge in [-0.2, -0.15) is 21.6 Å². The smallest absolute Gasteiger partial charge is 0.279 e. The van der Waals surface area contributed by atoms with Gasteiger partial charge < -0.3 is 0 Å². The second-order valence-electron chi connectivity index (χ2n) is 8.38. The molecule has 0 aliphatic heterocycles. The molecule has 0 saturated carbocycles. The predicted octanol–water partition coefficient (Wildman–Crippen LogP) is 7.78. The maximum Gasteiger partial charge on any atom is 0.522 e. The van der Waals surface area contributed by atoms with Crippen LogP contribution in [0.5, 0.6) is 0 Å². The molecule has 10 heteroatoms. The summed E-state index contributed by atoms with van der Waals surface area (Å²) in [4.78, 5) is 0. The zero-order valence-electron chi connectivity index (χ0n) is 20.0. The van der Waals surface area contributed by atoms with Crippen LogP contribution in [0.3, 0.4) is 0 Å². The van der Waals surface area contributed by atoms with Crippen LogP contribution in [0.2, 0.25) is 0 Å². The third-order valence-corrected chi connectivity index (χ3v) is 11.6. The summed E-state index contributed by atoms with van der Waals surface area (Å²) in [5, 5.41) is 0. The molecule has 0 aliphatic rings. The van der Waals surface area contributed by atoms with Gasteiger partial charge in [0.05, 0.1) is 0 Å². The van der Waals surface area contributed by atoms with E-state index in [0.717, 1.165) is 34.0 Å². The van der Waals surface area contributed by atoms with Crippen molar-refractivity contribution in [2.24, 2.45) is 0 Å². The minimum absolute atomic E-state index is 0. The predicted molar refractivity (Wildman–Crippen MR) is 122 cm³/mol. The Kier molecular flexibility index (Phi) is 21.7. The molecule has 3 nitrogen and oxygen atoms in total. The molecule has 0 fully saturated rings. The molecule has 0 spiro atoms. The minimum Gasteiger partial charge on any atom is -0.279 e. The Balaban J connectivity index is -0.000000160. The van der Waals surface area contributed by atoms with Crippen LogP contribution in [-0.2, 0) is 29.6 Å². The van der Waals surface area contributed by atoms with Crippen LogP contribution >= 0.6 is 15.8 Å². The zero-order chi connectivity index (χ0) is 23.6. The molecule has 0 rings (SSSR count). The molecule has 0 aromatic heterocycles. The Labute approximate surface area is 193 Å². The van der Waals surface area contributed by atoms with Gasteiger partial charge in [-0.3, -0.25) is 4.55 Å². The van der Waals surface area contributed by atoms with Gasteiger partial charge in [0.25, 0.3) is 0 Å². The maximum atomic E-state index is 10.7. The van der Waals surface area contributed by atoms with E-state index in [1.54, 1.807) is 0 Å². The topological polar surface area (TPSA) is 54.4 Å². The van der Waals surface area contributed by atoms with Crippen molar-refractivity contribution in [3.8, 4) is 0 Å². The fourth-order valence-corrected chi connectivity index (χ4v) is 10.7. The summed E-state index contributed by atoms with van der Waals surface area (Å²) in [5.41, 5.74) is -0.146. The fraction of sp³-hybridized carbons (Fsp3) is 1.00. The largest absolute Gasteiger partial charge is 0.522 e. The first-order valence-corrected chi connectivity index (χ1v) is 14.3. The normalized spacial score (nSPS) is 12.6. The second kappa shape index (κ2) is 16.8. The van der Waals surface area contributed by atoms with Crippen LogP contribution in [0.4, 0.5) is 13.2 Å². The van der Waals surface area contributed by atoms with Gasteiger partial charge in [-0.25, -0.2) is 0 Å². The van der Waals surface area contributed by atoms with E-state index in [-0.39, 0.29) is 35.3 Å². The molecular formula is C19H43F3O3P2RhS. The number of halogens is 3. The molecule has 0 unspecified atom stereocenters. The first-order chi connectivity index (χ1) is 12.2.